The molecule has 0 unspecified atom stereocenters. The molecule has 1 aromatic carbocycles. The van der Waals surface area contributed by atoms with Crippen molar-refractivity contribution in [1.82, 2.24) is 9.97 Å². The Morgan fingerprint density at radius 1 is 1.13 bits per heavy atom. The lowest BCUT2D eigenvalue weighted by molar-refractivity contribution is 1.14. The van der Waals surface area contributed by atoms with Crippen molar-refractivity contribution in [3.63, 3.8) is 0 Å². The van der Waals surface area contributed by atoms with Gasteiger partial charge in [-0.3, -0.25) is 0 Å². The molecule has 0 radical (unpaired) electrons. The predicted molar refractivity (Wildman–Crippen MR) is 99.3 cm³/mol. The lowest BCUT2D eigenvalue weighted by Crippen LogP contribution is -2.05. The molecule has 0 atom stereocenters. The Bertz CT molecular complexity index is 834. The second-order valence-corrected chi connectivity index (χ2v) is 7.94. The molecule has 2 heterocycles. The number of thiazole rings is 2. The number of aryl methyl sites for hydroxylation is 2. The van der Waals surface area contributed by atoms with E-state index in [1.165, 1.54) is 0 Å². The Labute approximate surface area is 148 Å². The highest BCUT2D eigenvalue weighted by molar-refractivity contribution is 7.16. The minimum Gasteiger partial charge on any atom is -0.309 e. The standard InChI is InChI=1S/C17H16ClN3S2/c1-10-17(23-11(2)20-10)15-9-22-16(21-15)8-14(19)7-12-3-5-13(18)6-4-12/h3-6,9,19H,7-8H2,1-2H3. The molecule has 0 bridgehead atoms. The summed E-state index contributed by atoms with van der Waals surface area (Å²) in [4.78, 5) is 10.3. The Balaban J connectivity index is 1.68. The molecule has 0 spiro atoms. The van der Waals surface area contributed by atoms with E-state index in [9.17, 15) is 0 Å². The molecule has 0 aliphatic carbocycles. The van der Waals surface area contributed by atoms with Crippen molar-refractivity contribution in [3.05, 3.63) is 55.9 Å². The van der Waals surface area contributed by atoms with Gasteiger partial charge in [-0.1, -0.05) is 23.7 Å². The summed E-state index contributed by atoms with van der Waals surface area (Å²) in [7, 11) is 0. The summed E-state index contributed by atoms with van der Waals surface area (Å²) in [5.41, 5.74) is 3.77. The van der Waals surface area contributed by atoms with E-state index < -0.39 is 0 Å². The molecule has 3 aromatic rings. The van der Waals surface area contributed by atoms with Crippen molar-refractivity contribution < 1.29 is 0 Å². The van der Waals surface area contributed by atoms with E-state index in [1.807, 2.05) is 38.1 Å². The number of hydrogen-bond donors (Lipinski definition) is 1. The molecule has 3 rings (SSSR count). The zero-order chi connectivity index (χ0) is 16.4. The second-order valence-electron chi connectivity index (χ2n) is 5.36. The lowest BCUT2D eigenvalue weighted by atomic mass is 10.1. The van der Waals surface area contributed by atoms with E-state index >= 15 is 0 Å². The number of nitrogens with zero attached hydrogens (tertiary/aromatic N) is 2. The van der Waals surface area contributed by atoms with Crippen LogP contribution in [0.3, 0.4) is 0 Å². The number of hydrogen-bond acceptors (Lipinski definition) is 5. The van der Waals surface area contributed by atoms with Gasteiger partial charge in [0.2, 0.25) is 0 Å². The maximum Gasteiger partial charge on any atom is 0.0989 e. The molecule has 3 nitrogen and oxygen atoms in total. The van der Waals surface area contributed by atoms with E-state index in [-0.39, 0.29) is 0 Å². The Morgan fingerprint density at radius 3 is 2.52 bits per heavy atom. The SMILES string of the molecule is Cc1nc(C)c(-c2csc(CC(=N)Cc3ccc(Cl)cc3)n2)s1. The Morgan fingerprint density at radius 2 is 1.87 bits per heavy atom. The summed E-state index contributed by atoms with van der Waals surface area (Å²) in [5, 5.41) is 13.0. The van der Waals surface area contributed by atoms with Crippen LogP contribution in [0.25, 0.3) is 10.6 Å². The molecule has 118 valence electrons. The van der Waals surface area contributed by atoms with E-state index in [0.717, 1.165) is 36.9 Å². The largest absolute Gasteiger partial charge is 0.309 e. The van der Waals surface area contributed by atoms with Gasteiger partial charge in [0.05, 0.1) is 26.3 Å². The topological polar surface area (TPSA) is 49.6 Å². The lowest BCUT2D eigenvalue weighted by Gasteiger charge is -2.02. The van der Waals surface area contributed by atoms with Crippen LogP contribution < -0.4 is 0 Å². The van der Waals surface area contributed by atoms with Crippen LogP contribution in [0, 0.1) is 19.3 Å². The average molecular weight is 362 g/mol. The van der Waals surface area contributed by atoms with E-state index in [1.54, 1.807) is 22.7 Å². The third-order valence-electron chi connectivity index (χ3n) is 3.38. The summed E-state index contributed by atoms with van der Waals surface area (Å²) in [5.74, 6) is 0. The van der Waals surface area contributed by atoms with E-state index in [4.69, 9.17) is 17.0 Å². The molecule has 6 heteroatoms. The first-order chi connectivity index (χ1) is 11.0. The fourth-order valence-electron chi connectivity index (χ4n) is 2.36. The molecular weight excluding hydrogens is 346 g/mol. The van der Waals surface area contributed by atoms with Crippen LogP contribution in [0.4, 0.5) is 0 Å². The smallest absolute Gasteiger partial charge is 0.0989 e. The Hall–Kier alpha value is -1.56. The van der Waals surface area contributed by atoms with Crippen LogP contribution in [0.2, 0.25) is 5.02 Å². The van der Waals surface area contributed by atoms with Gasteiger partial charge in [-0.15, -0.1) is 22.7 Å². The molecule has 0 fully saturated rings. The average Bonchev–Trinajstić information content (AvgIpc) is 3.07. The van der Waals surface area contributed by atoms with Gasteiger partial charge in [0.1, 0.15) is 0 Å². The van der Waals surface area contributed by atoms with Crippen LogP contribution in [0.5, 0.6) is 0 Å². The molecule has 0 saturated heterocycles. The third kappa shape index (κ3) is 4.05. The Kier molecular flexibility index (Phi) is 4.90. The minimum atomic E-state index is 0.587. The van der Waals surface area contributed by atoms with Crippen LogP contribution >= 0.6 is 34.3 Å². The number of rotatable bonds is 5. The van der Waals surface area contributed by atoms with Crippen LogP contribution in [-0.4, -0.2) is 15.7 Å². The summed E-state index contributed by atoms with van der Waals surface area (Å²) >= 11 is 9.17. The molecule has 0 aliphatic heterocycles. The monoisotopic (exact) mass is 361 g/mol. The zero-order valence-corrected chi connectivity index (χ0v) is 15.3. The van der Waals surface area contributed by atoms with Crippen molar-refractivity contribution in [1.29, 1.82) is 5.41 Å². The number of halogens is 1. The fraction of sp³-hybridized carbons (Fsp3) is 0.235. The molecule has 1 N–H and O–H groups in total. The summed E-state index contributed by atoms with van der Waals surface area (Å²) in [6.45, 7) is 4.02. The molecule has 23 heavy (non-hydrogen) atoms. The van der Waals surface area contributed by atoms with Gasteiger partial charge in [0.15, 0.2) is 0 Å². The van der Waals surface area contributed by atoms with E-state index in [0.29, 0.717) is 18.6 Å². The first kappa shape index (κ1) is 16.3. The molecule has 2 aromatic heterocycles. The van der Waals surface area contributed by atoms with E-state index in [2.05, 4.69) is 15.3 Å². The summed E-state index contributed by atoms with van der Waals surface area (Å²) in [6.07, 6.45) is 1.22. The quantitative estimate of drug-likeness (QED) is 0.623. The highest BCUT2D eigenvalue weighted by Gasteiger charge is 2.12. The summed E-state index contributed by atoms with van der Waals surface area (Å²) < 4.78 is 0. The maximum absolute atomic E-state index is 8.20. The van der Waals surface area contributed by atoms with Crippen molar-refractivity contribution in [2.24, 2.45) is 0 Å². The third-order valence-corrected chi connectivity index (χ3v) is 5.58. The predicted octanol–water partition coefficient (Wildman–Crippen LogP) is 5.34. The fourth-order valence-corrected chi connectivity index (χ4v) is 4.27. The van der Waals surface area contributed by atoms with Crippen LogP contribution in [-0.2, 0) is 12.8 Å². The van der Waals surface area contributed by atoms with Crippen molar-refractivity contribution in [3.8, 4) is 10.6 Å². The van der Waals surface area contributed by atoms with Crippen LogP contribution in [0.15, 0.2) is 29.6 Å². The van der Waals surface area contributed by atoms with Gasteiger partial charge in [0.25, 0.3) is 0 Å². The molecular formula is C17H16ClN3S2. The number of benzene rings is 1. The van der Waals surface area contributed by atoms with Crippen molar-refractivity contribution >= 4 is 40.0 Å². The normalized spacial score (nSPS) is 10.9. The van der Waals surface area contributed by atoms with Gasteiger partial charge in [-0.2, -0.15) is 0 Å². The van der Waals surface area contributed by atoms with Crippen LogP contribution in [0.1, 0.15) is 21.3 Å². The number of aromatic nitrogens is 2. The van der Waals surface area contributed by atoms with Gasteiger partial charge >= 0.3 is 0 Å². The minimum absolute atomic E-state index is 0.587. The van der Waals surface area contributed by atoms with Gasteiger partial charge in [0, 0.05) is 29.0 Å². The molecule has 0 aliphatic rings. The van der Waals surface area contributed by atoms with Gasteiger partial charge < -0.3 is 5.41 Å². The highest BCUT2D eigenvalue weighted by Crippen LogP contribution is 2.30. The second kappa shape index (κ2) is 6.91. The highest BCUT2D eigenvalue weighted by atomic mass is 35.5. The van der Waals surface area contributed by atoms with Gasteiger partial charge in [-0.05, 0) is 31.5 Å². The van der Waals surface area contributed by atoms with Crippen molar-refractivity contribution in [2.75, 3.05) is 0 Å². The first-order valence-corrected chi connectivity index (χ1v) is 9.28. The van der Waals surface area contributed by atoms with Gasteiger partial charge in [-0.25, -0.2) is 9.97 Å². The molecule has 0 amide bonds. The maximum atomic E-state index is 8.20. The molecule has 0 saturated carbocycles. The first-order valence-electron chi connectivity index (χ1n) is 7.21. The summed E-state index contributed by atoms with van der Waals surface area (Å²) in [6, 6.07) is 7.66. The van der Waals surface area contributed by atoms with Crippen molar-refractivity contribution in [2.45, 2.75) is 26.7 Å². The zero-order valence-electron chi connectivity index (χ0n) is 12.9. The number of nitrogens with one attached hydrogen (secondary N) is 1.